The van der Waals surface area contributed by atoms with Crippen molar-refractivity contribution in [3.8, 4) is 5.75 Å². The Morgan fingerprint density at radius 1 is 0.941 bits per heavy atom. The van der Waals surface area contributed by atoms with Crippen LogP contribution in [0.15, 0.2) is 30.3 Å². The van der Waals surface area contributed by atoms with E-state index >= 15 is 0 Å². The Bertz CT molecular complexity index is 221. The van der Waals surface area contributed by atoms with Crippen molar-refractivity contribution >= 4 is 22.5 Å². The SMILES string of the molecule is CCCCCCC[CH2][Sn+3].[O-2].[O-]c1ccccc1. The predicted molar refractivity (Wildman–Crippen MR) is 70.5 cm³/mol. The normalized spacial score (nSPS) is 8.88. The van der Waals surface area contributed by atoms with E-state index in [0.717, 1.165) is 0 Å². The summed E-state index contributed by atoms with van der Waals surface area (Å²) in [6, 6.07) is 8.33. The molecule has 0 heterocycles. The molecule has 0 aromatic heterocycles. The fourth-order valence-electron chi connectivity index (χ4n) is 1.33. The van der Waals surface area contributed by atoms with Gasteiger partial charge < -0.3 is 10.6 Å². The maximum absolute atomic E-state index is 10.3. The van der Waals surface area contributed by atoms with Gasteiger partial charge in [-0.05, 0) is 0 Å². The van der Waals surface area contributed by atoms with Gasteiger partial charge in [0, 0.05) is 0 Å². The van der Waals surface area contributed by atoms with Crippen LogP contribution < -0.4 is 5.11 Å². The third kappa shape index (κ3) is 15.8. The molecule has 2 nitrogen and oxygen atoms in total. The molecule has 0 saturated carbocycles. The van der Waals surface area contributed by atoms with Crippen molar-refractivity contribution < 1.29 is 10.6 Å². The van der Waals surface area contributed by atoms with Crippen LogP contribution in [0.5, 0.6) is 5.75 Å². The Hall–Kier alpha value is -0.221. The second-order valence-corrected chi connectivity index (χ2v) is 5.26. The smallest absolute Gasteiger partial charge is 0.0623 e. The first-order valence-electron chi connectivity index (χ1n) is 6.18. The fourth-order valence-corrected chi connectivity index (χ4v) is 2.04. The summed E-state index contributed by atoms with van der Waals surface area (Å²) in [5.41, 5.74) is 0. The minimum absolute atomic E-state index is 0. The molecule has 0 atom stereocenters. The Balaban J connectivity index is 0. The van der Waals surface area contributed by atoms with Crippen LogP contribution in [-0.4, -0.2) is 22.5 Å². The molecule has 0 fully saturated rings. The van der Waals surface area contributed by atoms with Crippen molar-refractivity contribution in [3.63, 3.8) is 0 Å². The van der Waals surface area contributed by atoms with E-state index in [2.05, 4.69) is 6.92 Å². The summed E-state index contributed by atoms with van der Waals surface area (Å²) >= 11 is 1.71. The van der Waals surface area contributed by atoms with Gasteiger partial charge in [0.15, 0.2) is 0 Å². The van der Waals surface area contributed by atoms with Crippen LogP contribution in [0.25, 0.3) is 0 Å². The van der Waals surface area contributed by atoms with Gasteiger partial charge in [-0.1, -0.05) is 30.3 Å². The molecule has 94 valence electrons. The summed E-state index contributed by atoms with van der Waals surface area (Å²) in [6.45, 7) is 2.27. The first-order chi connectivity index (χ1) is 7.81. The van der Waals surface area contributed by atoms with E-state index in [0.29, 0.717) is 0 Å². The van der Waals surface area contributed by atoms with Gasteiger partial charge in [-0.25, -0.2) is 0 Å². The number of rotatable bonds is 6. The van der Waals surface area contributed by atoms with E-state index in [4.69, 9.17) is 0 Å². The number of benzene rings is 1. The summed E-state index contributed by atoms with van der Waals surface area (Å²) in [5.74, 6) is 0.0718. The molecule has 0 aliphatic rings. The van der Waals surface area contributed by atoms with E-state index in [9.17, 15) is 5.11 Å². The van der Waals surface area contributed by atoms with Crippen molar-refractivity contribution in [2.45, 2.75) is 49.9 Å². The molecular weight excluding hydrogens is 319 g/mol. The van der Waals surface area contributed by atoms with E-state index in [1.807, 2.05) is 6.07 Å². The van der Waals surface area contributed by atoms with Gasteiger partial charge in [0.1, 0.15) is 0 Å². The predicted octanol–water partition coefficient (Wildman–Crippen LogP) is 3.58. The topological polar surface area (TPSA) is 51.6 Å². The number of para-hydroxylation sites is 1. The zero-order valence-corrected chi connectivity index (χ0v) is 13.5. The van der Waals surface area contributed by atoms with Crippen LogP contribution in [0.3, 0.4) is 0 Å². The van der Waals surface area contributed by atoms with E-state index in [-0.39, 0.29) is 11.2 Å². The molecule has 1 rings (SSSR count). The molecule has 0 aliphatic carbocycles. The molecule has 0 N–H and O–H groups in total. The minimum atomic E-state index is 0. The minimum Gasteiger partial charge on any atom is -2.00 e. The van der Waals surface area contributed by atoms with Crippen molar-refractivity contribution in [2.75, 3.05) is 0 Å². The molecular formula is C14H22O2Sn. The molecule has 0 amide bonds. The molecule has 17 heavy (non-hydrogen) atoms. The largest absolute Gasteiger partial charge is 2.00 e. The van der Waals surface area contributed by atoms with E-state index < -0.39 is 0 Å². The molecule has 1 aromatic rings. The summed E-state index contributed by atoms with van der Waals surface area (Å²) < 4.78 is 1.46. The Morgan fingerprint density at radius 3 is 1.88 bits per heavy atom. The average Bonchev–Trinajstić information content (AvgIpc) is 2.31. The summed E-state index contributed by atoms with van der Waals surface area (Å²) in [7, 11) is 0. The van der Waals surface area contributed by atoms with Crippen molar-refractivity contribution in [3.05, 3.63) is 30.3 Å². The van der Waals surface area contributed by atoms with E-state index in [1.165, 1.54) is 55.1 Å². The molecule has 0 bridgehead atoms. The van der Waals surface area contributed by atoms with Gasteiger partial charge in [-0.15, -0.1) is 5.75 Å². The van der Waals surface area contributed by atoms with E-state index in [1.54, 1.807) is 34.7 Å². The van der Waals surface area contributed by atoms with Crippen LogP contribution in [0.1, 0.15) is 45.4 Å². The molecule has 0 radical (unpaired) electrons. The van der Waals surface area contributed by atoms with Crippen LogP contribution in [0.2, 0.25) is 4.44 Å². The fraction of sp³-hybridized carbons (Fsp3) is 0.571. The second-order valence-electron chi connectivity index (χ2n) is 3.83. The molecule has 3 heteroatoms. The van der Waals surface area contributed by atoms with Crippen molar-refractivity contribution in [1.29, 1.82) is 0 Å². The van der Waals surface area contributed by atoms with Crippen molar-refractivity contribution in [1.82, 2.24) is 0 Å². The van der Waals surface area contributed by atoms with Gasteiger partial charge in [0.05, 0.1) is 0 Å². The zero-order valence-electron chi connectivity index (χ0n) is 10.7. The Kier molecular flexibility index (Phi) is 17.8. The van der Waals surface area contributed by atoms with Gasteiger partial charge in [0.25, 0.3) is 0 Å². The Labute approximate surface area is 119 Å². The summed E-state index contributed by atoms with van der Waals surface area (Å²) in [6.07, 6.45) is 8.71. The summed E-state index contributed by atoms with van der Waals surface area (Å²) in [5, 5.41) is 10.3. The quantitative estimate of drug-likeness (QED) is 0.576. The van der Waals surface area contributed by atoms with Crippen LogP contribution in [0, 0.1) is 0 Å². The van der Waals surface area contributed by atoms with Crippen LogP contribution in [0.4, 0.5) is 0 Å². The van der Waals surface area contributed by atoms with Gasteiger partial charge in [-0.2, -0.15) is 0 Å². The van der Waals surface area contributed by atoms with Gasteiger partial charge >= 0.3 is 72.4 Å². The molecule has 0 aliphatic heterocycles. The molecule has 0 spiro atoms. The maximum atomic E-state index is 10.3. The second kappa shape index (κ2) is 15.8. The first-order valence-corrected chi connectivity index (χ1v) is 8.19. The van der Waals surface area contributed by atoms with Crippen LogP contribution in [-0.2, 0) is 5.48 Å². The average molecular weight is 341 g/mol. The zero-order chi connectivity index (χ0) is 12.1. The number of unbranched alkanes of at least 4 members (excludes halogenated alkanes) is 5. The molecule has 0 unspecified atom stereocenters. The third-order valence-electron chi connectivity index (χ3n) is 2.27. The summed E-state index contributed by atoms with van der Waals surface area (Å²) in [4.78, 5) is 0. The molecule has 1 aromatic carbocycles. The van der Waals surface area contributed by atoms with Crippen molar-refractivity contribution in [2.24, 2.45) is 0 Å². The van der Waals surface area contributed by atoms with Gasteiger partial charge in [-0.3, -0.25) is 0 Å². The van der Waals surface area contributed by atoms with Crippen LogP contribution >= 0.6 is 0 Å². The number of hydrogen-bond acceptors (Lipinski definition) is 1. The van der Waals surface area contributed by atoms with Gasteiger partial charge in [0.2, 0.25) is 0 Å². The monoisotopic (exact) mass is 342 g/mol. The standard InChI is InChI=1S/C8H17.C6H6O.O.Sn/c1-3-5-7-8-6-4-2;7-6-4-2-1-3-5-6;;/h1,3-8H2,2H3;1-5,7H;;/q;;-2;+3/p-1. The third-order valence-corrected chi connectivity index (χ3v) is 3.28. The maximum Gasteiger partial charge on any atom is -0.0623 e. The first kappa shape index (κ1) is 19.1. The number of hydrogen-bond donors (Lipinski definition) is 0. The Morgan fingerprint density at radius 2 is 1.47 bits per heavy atom. The molecule has 0 saturated heterocycles.